The minimum atomic E-state index is -3.68. The molecule has 0 radical (unpaired) electrons. The number of piperazine rings is 1. The fourth-order valence-corrected chi connectivity index (χ4v) is 5.25. The van der Waals surface area contributed by atoms with Crippen LogP contribution in [-0.4, -0.2) is 66.4 Å². The number of hydrogen-bond donors (Lipinski definition) is 1. The number of aromatic amines is 1. The third-order valence-corrected chi connectivity index (χ3v) is 7.52. The lowest BCUT2D eigenvalue weighted by Crippen LogP contribution is -2.50. The van der Waals surface area contributed by atoms with Gasteiger partial charge in [0.25, 0.3) is 5.91 Å². The number of aromatic nitrogens is 2. The van der Waals surface area contributed by atoms with Gasteiger partial charge in [0.05, 0.1) is 12.0 Å². The maximum Gasteiger partial charge on any atom is 0.272 e. The second kappa shape index (κ2) is 8.85. The molecule has 0 unspecified atom stereocenters. The molecule has 1 aliphatic rings. The molecule has 2 heterocycles. The van der Waals surface area contributed by atoms with E-state index in [1.54, 1.807) is 17.0 Å². The molecule has 0 spiro atoms. The number of hydrogen-bond acceptors (Lipinski definition) is 5. The summed E-state index contributed by atoms with van der Waals surface area (Å²) in [5, 5.41) is 0. The predicted octanol–water partition coefficient (Wildman–Crippen LogP) is 2.83. The lowest BCUT2D eigenvalue weighted by atomic mass is 10.2. The monoisotopic (exact) mass is 476 g/mol. The molecule has 8 nitrogen and oxygen atoms in total. The summed E-state index contributed by atoms with van der Waals surface area (Å²) in [6, 6.07) is 11.9. The summed E-state index contributed by atoms with van der Waals surface area (Å²) in [5.41, 5.74) is 0.856. The van der Waals surface area contributed by atoms with Crippen LogP contribution in [0.4, 0.5) is 4.39 Å². The Balaban J connectivity index is 1.50. The highest BCUT2D eigenvalue weighted by Gasteiger charge is 2.31. The lowest BCUT2D eigenvalue weighted by molar-refractivity contribution is 0.0689. The second-order valence-electron chi connectivity index (χ2n) is 7.16. The number of nitrogens with zero attached hydrogens (tertiary/aromatic N) is 3. The predicted molar refractivity (Wildman–Crippen MR) is 119 cm³/mol. The molecule has 1 saturated heterocycles. The SMILES string of the molecule is COc1ccc(S(=O)(=O)N2CCN(C(=O)c3c[nH]c(=S)n3-c3ccc(F)cc3)CC2)cc1. The Morgan fingerprint density at radius 1 is 1.03 bits per heavy atom. The van der Waals surface area contributed by atoms with Crippen LogP contribution in [0.3, 0.4) is 0 Å². The molecular formula is C21H21FN4O4S2. The van der Waals surface area contributed by atoms with Crippen molar-refractivity contribution in [2.75, 3.05) is 33.3 Å². The van der Waals surface area contributed by atoms with Gasteiger partial charge in [-0.1, -0.05) is 0 Å². The fourth-order valence-electron chi connectivity index (χ4n) is 3.56. The summed E-state index contributed by atoms with van der Waals surface area (Å²) in [6.07, 6.45) is 1.51. The van der Waals surface area contributed by atoms with E-state index in [0.29, 0.717) is 21.9 Å². The molecular weight excluding hydrogens is 455 g/mol. The zero-order chi connectivity index (χ0) is 22.9. The third-order valence-electron chi connectivity index (χ3n) is 5.30. The van der Waals surface area contributed by atoms with E-state index in [1.165, 1.54) is 58.6 Å². The Morgan fingerprint density at radius 2 is 1.66 bits per heavy atom. The largest absolute Gasteiger partial charge is 0.497 e. The van der Waals surface area contributed by atoms with Gasteiger partial charge in [0.1, 0.15) is 17.3 Å². The van der Waals surface area contributed by atoms with E-state index in [1.807, 2.05) is 0 Å². The standard InChI is InChI=1S/C21H21FN4O4S2/c1-30-17-6-8-18(9-7-17)32(28,29)25-12-10-24(11-13-25)20(27)19-14-23-21(31)26(19)16-4-2-15(22)3-5-16/h2-9,14H,10-13H2,1H3,(H,23,31). The van der Waals surface area contributed by atoms with E-state index in [0.717, 1.165) is 0 Å². The molecule has 0 aliphatic carbocycles. The number of imidazole rings is 1. The molecule has 2 aromatic carbocycles. The smallest absolute Gasteiger partial charge is 0.272 e. The van der Waals surface area contributed by atoms with Crippen LogP contribution in [0.25, 0.3) is 5.69 Å². The van der Waals surface area contributed by atoms with Gasteiger partial charge in [-0.25, -0.2) is 12.8 Å². The van der Waals surface area contributed by atoms with E-state index < -0.39 is 15.8 Å². The number of nitrogens with one attached hydrogen (secondary N) is 1. The van der Waals surface area contributed by atoms with E-state index in [2.05, 4.69) is 4.98 Å². The van der Waals surface area contributed by atoms with Crippen molar-refractivity contribution in [3.05, 3.63) is 71.0 Å². The highest BCUT2D eigenvalue weighted by molar-refractivity contribution is 7.89. The topological polar surface area (TPSA) is 87.6 Å². The quantitative estimate of drug-likeness (QED) is 0.573. The molecule has 32 heavy (non-hydrogen) atoms. The van der Waals surface area contributed by atoms with Crippen LogP contribution in [0.2, 0.25) is 0 Å². The number of ether oxygens (including phenoxy) is 1. The van der Waals surface area contributed by atoms with E-state index in [-0.39, 0.29) is 37.0 Å². The zero-order valence-corrected chi connectivity index (χ0v) is 18.8. The van der Waals surface area contributed by atoms with E-state index in [4.69, 9.17) is 17.0 Å². The van der Waals surface area contributed by atoms with Gasteiger partial charge in [0.15, 0.2) is 4.77 Å². The third kappa shape index (κ3) is 4.18. The number of sulfonamides is 1. The number of H-pyrrole nitrogens is 1. The molecule has 0 atom stereocenters. The van der Waals surface area contributed by atoms with Gasteiger partial charge in [-0.15, -0.1) is 0 Å². The Kier molecular flexibility index (Phi) is 6.13. The average Bonchev–Trinajstić information content (AvgIpc) is 3.20. The molecule has 0 saturated carbocycles. The summed E-state index contributed by atoms with van der Waals surface area (Å²) in [6.45, 7) is 0.800. The van der Waals surface area contributed by atoms with Crippen LogP contribution in [0, 0.1) is 10.6 Å². The van der Waals surface area contributed by atoms with Gasteiger partial charge in [-0.05, 0) is 60.7 Å². The highest BCUT2D eigenvalue weighted by Crippen LogP contribution is 2.22. The van der Waals surface area contributed by atoms with Crippen molar-refractivity contribution < 1.29 is 22.3 Å². The molecule has 1 aliphatic heterocycles. The molecule has 4 rings (SSSR count). The van der Waals surface area contributed by atoms with Crippen molar-refractivity contribution in [2.45, 2.75) is 4.90 Å². The summed E-state index contributed by atoms with van der Waals surface area (Å²) >= 11 is 5.29. The zero-order valence-electron chi connectivity index (χ0n) is 17.2. The van der Waals surface area contributed by atoms with E-state index in [9.17, 15) is 17.6 Å². The molecule has 1 fully saturated rings. The van der Waals surface area contributed by atoms with Crippen molar-refractivity contribution in [3.8, 4) is 11.4 Å². The Labute approximate surface area is 189 Å². The van der Waals surface area contributed by atoms with Crippen LogP contribution in [0.5, 0.6) is 5.75 Å². The maximum absolute atomic E-state index is 13.3. The number of carbonyl (C=O) groups excluding carboxylic acids is 1. The fraction of sp³-hybridized carbons (Fsp3) is 0.238. The Bertz CT molecular complexity index is 1280. The summed E-state index contributed by atoms with van der Waals surface area (Å²) < 4.78 is 47.4. The van der Waals surface area contributed by atoms with Crippen molar-refractivity contribution in [1.29, 1.82) is 0 Å². The summed E-state index contributed by atoms with van der Waals surface area (Å²) in [5.74, 6) is -0.109. The van der Waals surface area contributed by atoms with Gasteiger partial charge in [0, 0.05) is 38.1 Å². The van der Waals surface area contributed by atoms with Crippen LogP contribution in [0.1, 0.15) is 10.5 Å². The minimum absolute atomic E-state index is 0.168. The molecule has 3 aromatic rings. The first-order valence-electron chi connectivity index (χ1n) is 9.81. The van der Waals surface area contributed by atoms with Crippen molar-refractivity contribution >= 4 is 28.1 Å². The van der Waals surface area contributed by atoms with Gasteiger partial charge in [-0.3, -0.25) is 9.36 Å². The molecule has 168 valence electrons. The number of halogens is 1. The Hall–Kier alpha value is -3.02. The Morgan fingerprint density at radius 3 is 2.25 bits per heavy atom. The lowest BCUT2D eigenvalue weighted by Gasteiger charge is -2.34. The number of benzene rings is 2. The van der Waals surface area contributed by atoms with Crippen LogP contribution in [-0.2, 0) is 10.0 Å². The van der Waals surface area contributed by atoms with E-state index >= 15 is 0 Å². The normalized spacial score (nSPS) is 15.0. The highest BCUT2D eigenvalue weighted by atomic mass is 32.2. The van der Waals surface area contributed by atoms with Crippen LogP contribution < -0.4 is 4.74 Å². The van der Waals surface area contributed by atoms with Gasteiger partial charge in [0.2, 0.25) is 10.0 Å². The average molecular weight is 477 g/mol. The van der Waals surface area contributed by atoms with Gasteiger partial charge in [-0.2, -0.15) is 4.31 Å². The number of carbonyl (C=O) groups is 1. The number of amides is 1. The van der Waals surface area contributed by atoms with Crippen molar-refractivity contribution in [2.24, 2.45) is 0 Å². The van der Waals surface area contributed by atoms with Crippen molar-refractivity contribution in [1.82, 2.24) is 18.8 Å². The van der Waals surface area contributed by atoms with Gasteiger partial charge < -0.3 is 14.6 Å². The van der Waals surface area contributed by atoms with Crippen molar-refractivity contribution in [3.63, 3.8) is 0 Å². The molecule has 1 aromatic heterocycles. The molecule has 1 N–H and O–H groups in total. The molecule has 0 bridgehead atoms. The number of rotatable bonds is 5. The molecule has 1 amide bonds. The molecule has 11 heteroatoms. The minimum Gasteiger partial charge on any atom is -0.497 e. The summed E-state index contributed by atoms with van der Waals surface area (Å²) in [4.78, 5) is 17.8. The summed E-state index contributed by atoms with van der Waals surface area (Å²) in [7, 11) is -2.16. The maximum atomic E-state index is 13.3. The second-order valence-corrected chi connectivity index (χ2v) is 9.49. The van der Waals surface area contributed by atoms with Crippen LogP contribution >= 0.6 is 12.2 Å². The first-order chi connectivity index (χ1) is 15.3. The number of methoxy groups -OCH3 is 1. The first-order valence-corrected chi connectivity index (χ1v) is 11.7. The van der Waals surface area contributed by atoms with Gasteiger partial charge >= 0.3 is 0 Å². The van der Waals surface area contributed by atoms with Crippen LogP contribution in [0.15, 0.2) is 59.6 Å². The first kappa shape index (κ1) is 22.2.